The summed E-state index contributed by atoms with van der Waals surface area (Å²) in [6.45, 7) is 9.75. The Balaban J connectivity index is 1.86. The summed E-state index contributed by atoms with van der Waals surface area (Å²) in [4.78, 5) is 17.9. The first kappa shape index (κ1) is 20.1. The van der Waals surface area contributed by atoms with E-state index < -0.39 is 0 Å². The maximum atomic E-state index is 13.2. The van der Waals surface area contributed by atoms with E-state index in [0.717, 1.165) is 44.8 Å². The summed E-state index contributed by atoms with van der Waals surface area (Å²) in [7, 11) is 0. The smallest absolute Gasteiger partial charge is 0.256 e. The van der Waals surface area contributed by atoms with Gasteiger partial charge >= 0.3 is 0 Å². The molecule has 2 aromatic carbocycles. The molecule has 1 amide bonds. The fourth-order valence-corrected chi connectivity index (χ4v) is 4.00. The fraction of sp³-hybridized carbons (Fsp3) is 0.208. The van der Waals surface area contributed by atoms with Gasteiger partial charge in [-0.15, -0.1) is 0 Å². The van der Waals surface area contributed by atoms with Crippen LogP contribution in [0.15, 0.2) is 42.5 Å². The van der Waals surface area contributed by atoms with Crippen LogP contribution in [0.3, 0.4) is 0 Å². The Bertz CT molecular complexity index is 1290. The molecule has 0 aliphatic heterocycles. The van der Waals surface area contributed by atoms with Gasteiger partial charge in [-0.1, -0.05) is 23.7 Å². The van der Waals surface area contributed by atoms with Gasteiger partial charge in [0.2, 0.25) is 0 Å². The summed E-state index contributed by atoms with van der Waals surface area (Å²) >= 11 is 6.32. The molecule has 2 aromatic heterocycles. The van der Waals surface area contributed by atoms with E-state index in [2.05, 4.69) is 11.4 Å². The molecule has 5 nitrogen and oxygen atoms in total. The van der Waals surface area contributed by atoms with E-state index in [1.54, 1.807) is 4.68 Å². The van der Waals surface area contributed by atoms with Crippen molar-refractivity contribution in [1.29, 1.82) is 0 Å². The molecule has 0 unspecified atom stereocenters. The molecule has 0 fully saturated rings. The molecule has 0 saturated heterocycles. The van der Waals surface area contributed by atoms with Crippen LogP contribution in [-0.2, 0) is 0 Å². The highest BCUT2D eigenvalue weighted by molar-refractivity contribution is 6.31. The molecule has 0 aliphatic rings. The first-order valence-electron chi connectivity index (χ1n) is 9.76. The largest absolute Gasteiger partial charge is 0.322 e. The monoisotopic (exact) mass is 418 g/mol. The fourth-order valence-electron chi connectivity index (χ4n) is 3.83. The van der Waals surface area contributed by atoms with Crippen molar-refractivity contribution < 1.29 is 4.79 Å². The van der Waals surface area contributed by atoms with Gasteiger partial charge in [-0.2, -0.15) is 5.10 Å². The predicted molar refractivity (Wildman–Crippen MR) is 122 cm³/mol. The standard InChI is InChI=1S/C24H23ClN4O/c1-13-9-14(2)11-18(10-13)27-24(30)19-12-15(3)26-23-22(19)17(5)28-29(23)21-8-6-7-20(25)16(21)4/h6-12H,1-5H3,(H,27,30). The van der Waals surface area contributed by atoms with Gasteiger partial charge in [0.25, 0.3) is 5.91 Å². The highest BCUT2D eigenvalue weighted by atomic mass is 35.5. The second kappa shape index (κ2) is 7.58. The Morgan fingerprint density at radius 3 is 2.40 bits per heavy atom. The van der Waals surface area contributed by atoms with Crippen molar-refractivity contribution in [3.8, 4) is 5.69 Å². The lowest BCUT2D eigenvalue weighted by atomic mass is 10.1. The van der Waals surface area contributed by atoms with Gasteiger partial charge in [0.15, 0.2) is 5.65 Å². The molecule has 152 valence electrons. The number of hydrogen-bond donors (Lipinski definition) is 1. The molecule has 6 heteroatoms. The first-order chi connectivity index (χ1) is 14.2. The second-order valence-electron chi connectivity index (χ2n) is 7.72. The van der Waals surface area contributed by atoms with Gasteiger partial charge in [-0.05, 0) is 81.6 Å². The SMILES string of the molecule is Cc1cc(C)cc(NC(=O)c2cc(C)nc3c2c(C)nn3-c2cccc(Cl)c2C)c1. The molecule has 30 heavy (non-hydrogen) atoms. The summed E-state index contributed by atoms with van der Waals surface area (Å²) < 4.78 is 1.77. The minimum Gasteiger partial charge on any atom is -0.322 e. The van der Waals surface area contributed by atoms with Crippen molar-refractivity contribution in [1.82, 2.24) is 14.8 Å². The number of nitrogens with one attached hydrogen (secondary N) is 1. The summed E-state index contributed by atoms with van der Waals surface area (Å²) in [6.07, 6.45) is 0. The van der Waals surface area contributed by atoms with Crippen LogP contribution in [0, 0.1) is 34.6 Å². The number of carbonyl (C=O) groups excluding carboxylic acids is 1. The van der Waals surface area contributed by atoms with Crippen LogP contribution in [0.2, 0.25) is 5.02 Å². The highest BCUT2D eigenvalue weighted by Gasteiger charge is 2.20. The summed E-state index contributed by atoms with van der Waals surface area (Å²) in [5.74, 6) is -0.180. The van der Waals surface area contributed by atoms with E-state index >= 15 is 0 Å². The Kier molecular flexibility index (Phi) is 5.08. The van der Waals surface area contributed by atoms with Gasteiger partial charge in [0, 0.05) is 16.4 Å². The number of aromatic nitrogens is 3. The number of pyridine rings is 1. The number of hydrogen-bond acceptors (Lipinski definition) is 3. The zero-order valence-corrected chi connectivity index (χ0v) is 18.4. The quantitative estimate of drug-likeness (QED) is 0.452. The Morgan fingerprint density at radius 2 is 1.70 bits per heavy atom. The van der Waals surface area contributed by atoms with Crippen LogP contribution < -0.4 is 5.32 Å². The number of benzene rings is 2. The molecular formula is C24H23ClN4O. The third kappa shape index (κ3) is 3.57. The number of anilines is 1. The second-order valence-corrected chi connectivity index (χ2v) is 8.13. The van der Waals surface area contributed by atoms with Crippen molar-refractivity contribution >= 4 is 34.2 Å². The maximum Gasteiger partial charge on any atom is 0.256 e. The lowest BCUT2D eigenvalue weighted by molar-refractivity contribution is 0.102. The van der Waals surface area contributed by atoms with Gasteiger partial charge in [0.05, 0.1) is 22.3 Å². The average molecular weight is 419 g/mol. The minimum atomic E-state index is -0.180. The molecule has 2 heterocycles. The van der Waals surface area contributed by atoms with Gasteiger partial charge in [-0.3, -0.25) is 4.79 Å². The third-order valence-corrected chi connectivity index (χ3v) is 5.54. The molecule has 0 saturated carbocycles. The lowest BCUT2D eigenvalue weighted by Crippen LogP contribution is -2.13. The van der Waals surface area contributed by atoms with Crippen LogP contribution in [-0.4, -0.2) is 20.7 Å². The molecule has 0 atom stereocenters. The van der Waals surface area contributed by atoms with Crippen molar-refractivity contribution in [3.63, 3.8) is 0 Å². The Labute approximate surface area is 180 Å². The van der Waals surface area contributed by atoms with E-state index in [4.69, 9.17) is 21.7 Å². The molecule has 0 radical (unpaired) electrons. The highest BCUT2D eigenvalue weighted by Crippen LogP contribution is 2.29. The number of nitrogens with zero attached hydrogens (tertiary/aromatic N) is 3. The van der Waals surface area contributed by atoms with E-state index in [9.17, 15) is 4.79 Å². The Morgan fingerprint density at radius 1 is 1.00 bits per heavy atom. The van der Waals surface area contributed by atoms with Crippen molar-refractivity contribution in [2.75, 3.05) is 5.32 Å². The number of aryl methyl sites for hydroxylation is 4. The average Bonchev–Trinajstić information content (AvgIpc) is 2.98. The van der Waals surface area contributed by atoms with Crippen LogP contribution in [0.25, 0.3) is 16.7 Å². The normalized spacial score (nSPS) is 11.1. The molecular weight excluding hydrogens is 396 g/mol. The molecule has 0 aliphatic carbocycles. The van der Waals surface area contributed by atoms with Crippen molar-refractivity contribution in [2.45, 2.75) is 34.6 Å². The molecule has 1 N–H and O–H groups in total. The Hall–Kier alpha value is -3.18. The van der Waals surface area contributed by atoms with Crippen LogP contribution in [0.1, 0.15) is 38.4 Å². The number of carbonyl (C=O) groups is 1. The van der Waals surface area contributed by atoms with Crippen molar-refractivity contribution in [3.05, 3.63) is 81.1 Å². The van der Waals surface area contributed by atoms with Crippen LogP contribution >= 0.6 is 11.6 Å². The van der Waals surface area contributed by atoms with E-state index in [-0.39, 0.29) is 5.91 Å². The molecule has 0 bridgehead atoms. The summed E-state index contributed by atoms with van der Waals surface area (Å²) in [5.41, 5.74) is 7.41. The number of rotatable bonds is 3. The maximum absolute atomic E-state index is 13.2. The molecule has 0 spiro atoms. The zero-order chi connectivity index (χ0) is 21.6. The summed E-state index contributed by atoms with van der Waals surface area (Å²) in [5, 5.41) is 9.13. The van der Waals surface area contributed by atoms with Gasteiger partial charge < -0.3 is 5.32 Å². The first-order valence-corrected chi connectivity index (χ1v) is 10.1. The van der Waals surface area contributed by atoms with E-state index in [1.807, 2.05) is 71.0 Å². The molecule has 4 aromatic rings. The van der Waals surface area contributed by atoms with E-state index in [0.29, 0.717) is 16.2 Å². The zero-order valence-electron chi connectivity index (χ0n) is 17.7. The summed E-state index contributed by atoms with van der Waals surface area (Å²) in [6, 6.07) is 13.5. The predicted octanol–water partition coefficient (Wildman–Crippen LogP) is 5.87. The van der Waals surface area contributed by atoms with Gasteiger partial charge in [0.1, 0.15) is 0 Å². The van der Waals surface area contributed by atoms with Crippen LogP contribution in [0.4, 0.5) is 5.69 Å². The topological polar surface area (TPSA) is 59.8 Å². The number of fused-ring (bicyclic) bond motifs is 1. The minimum absolute atomic E-state index is 0.180. The molecule has 4 rings (SSSR count). The van der Waals surface area contributed by atoms with E-state index in [1.165, 1.54) is 0 Å². The van der Waals surface area contributed by atoms with Crippen LogP contribution in [0.5, 0.6) is 0 Å². The number of amides is 1. The third-order valence-electron chi connectivity index (χ3n) is 5.13. The van der Waals surface area contributed by atoms with Crippen molar-refractivity contribution in [2.24, 2.45) is 0 Å². The lowest BCUT2D eigenvalue weighted by Gasteiger charge is -2.11. The van der Waals surface area contributed by atoms with Gasteiger partial charge in [-0.25, -0.2) is 9.67 Å². The number of halogens is 1.